The van der Waals surface area contributed by atoms with Crippen molar-refractivity contribution in [3.05, 3.63) is 22.6 Å². The average molecular weight is 271 g/mol. The lowest BCUT2D eigenvalue weighted by Gasteiger charge is -2.11. The SMILES string of the molecule is CCNc1nc(-c2c(C)nn(C)c2C)nc2c1CCC2. The summed E-state index contributed by atoms with van der Waals surface area (Å²) in [7, 11) is 1.96. The normalized spacial score (nSPS) is 13.6. The molecule has 0 fully saturated rings. The van der Waals surface area contributed by atoms with Gasteiger partial charge < -0.3 is 5.32 Å². The van der Waals surface area contributed by atoms with Gasteiger partial charge in [-0.15, -0.1) is 0 Å². The molecule has 0 bridgehead atoms. The van der Waals surface area contributed by atoms with Crippen molar-refractivity contribution < 1.29 is 0 Å². The smallest absolute Gasteiger partial charge is 0.165 e. The topological polar surface area (TPSA) is 55.6 Å². The van der Waals surface area contributed by atoms with Crippen LogP contribution in [0, 0.1) is 13.8 Å². The van der Waals surface area contributed by atoms with E-state index < -0.39 is 0 Å². The zero-order chi connectivity index (χ0) is 14.3. The van der Waals surface area contributed by atoms with Gasteiger partial charge in [-0.3, -0.25) is 4.68 Å². The summed E-state index contributed by atoms with van der Waals surface area (Å²) in [6, 6.07) is 0. The summed E-state index contributed by atoms with van der Waals surface area (Å²) in [5.74, 6) is 1.82. The van der Waals surface area contributed by atoms with Crippen LogP contribution in [0.1, 0.15) is 36.0 Å². The molecular weight excluding hydrogens is 250 g/mol. The van der Waals surface area contributed by atoms with E-state index >= 15 is 0 Å². The van der Waals surface area contributed by atoms with Crippen LogP contribution in [-0.4, -0.2) is 26.3 Å². The van der Waals surface area contributed by atoms with Crippen LogP contribution in [0.4, 0.5) is 5.82 Å². The Morgan fingerprint density at radius 2 is 2.00 bits per heavy atom. The van der Waals surface area contributed by atoms with E-state index in [1.54, 1.807) is 0 Å². The van der Waals surface area contributed by atoms with E-state index in [-0.39, 0.29) is 0 Å². The average Bonchev–Trinajstić information content (AvgIpc) is 2.96. The first-order valence-electron chi connectivity index (χ1n) is 7.26. The number of hydrogen-bond acceptors (Lipinski definition) is 4. The van der Waals surface area contributed by atoms with Crippen LogP contribution in [0.3, 0.4) is 0 Å². The molecule has 5 nitrogen and oxygen atoms in total. The molecule has 1 aliphatic rings. The van der Waals surface area contributed by atoms with Gasteiger partial charge in [-0.2, -0.15) is 5.10 Å². The summed E-state index contributed by atoms with van der Waals surface area (Å²) >= 11 is 0. The Kier molecular flexibility index (Phi) is 3.20. The second kappa shape index (κ2) is 4.89. The van der Waals surface area contributed by atoms with Crippen molar-refractivity contribution in [2.45, 2.75) is 40.0 Å². The van der Waals surface area contributed by atoms with Crippen LogP contribution < -0.4 is 5.32 Å². The Bertz CT molecular complexity index is 657. The first-order valence-corrected chi connectivity index (χ1v) is 7.26. The van der Waals surface area contributed by atoms with E-state index in [0.29, 0.717) is 0 Å². The Hall–Kier alpha value is -1.91. The summed E-state index contributed by atoms with van der Waals surface area (Å²) in [5, 5.41) is 7.86. The minimum atomic E-state index is 0.810. The fourth-order valence-corrected chi connectivity index (χ4v) is 2.96. The molecule has 0 radical (unpaired) electrons. The highest BCUT2D eigenvalue weighted by Crippen LogP contribution is 2.31. The van der Waals surface area contributed by atoms with Crippen molar-refractivity contribution in [1.29, 1.82) is 0 Å². The molecule has 1 N–H and O–H groups in total. The van der Waals surface area contributed by atoms with Crippen molar-refractivity contribution in [3.8, 4) is 11.4 Å². The Balaban J connectivity index is 2.17. The Morgan fingerprint density at radius 1 is 1.20 bits per heavy atom. The minimum absolute atomic E-state index is 0.810. The van der Waals surface area contributed by atoms with Gasteiger partial charge in [0.25, 0.3) is 0 Å². The van der Waals surface area contributed by atoms with Crippen molar-refractivity contribution in [1.82, 2.24) is 19.7 Å². The van der Waals surface area contributed by atoms with Crippen LogP contribution in [0.15, 0.2) is 0 Å². The van der Waals surface area contributed by atoms with Gasteiger partial charge in [0.1, 0.15) is 5.82 Å². The lowest BCUT2D eigenvalue weighted by Crippen LogP contribution is -2.07. The number of nitrogens with one attached hydrogen (secondary N) is 1. The molecule has 0 aromatic carbocycles. The van der Waals surface area contributed by atoms with Gasteiger partial charge in [-0.1, -0.05) is 0 Å². The van der Waals surface area contributed by atoms with Gasteiger partial charge in [-0.05, 0) is 40.0 Å². The quantitative estimate of drug-likeness (QED) is 0.931. The molecule has 2 aromatic heterocycles. The molecular formula is C15H21N5. The summed E-state index contributed by atoms with van der Waals surface area (Å²) < 4.78 is 1.90. The maximum Gasteiger partial charge on any atom is 0.165 e. The highest BCUT2D eigenvalue weighted by atomic mass is 15.3. The van der Waals surface area contributed by atoms with Gasteiger partial charge in [-0.25, -0.2) is 9.97 Å². The summed E-state index contributed by atoms with van der Waals surface area (Å²) in [6.07, 6.45) is 3.32. The summed E-state index contributed by atoms with van der Waals surface area (Å²) in [4.78, 5) is 9.56. The number of anilines is 1. The Morgan fingerprint density at radius 3 is 2.65 bits per heavy atom. The highest BCUT2D eigenvalue weighted by molar-refractivity contribution is 5.65. The predicted molar refractivity (Wildman–Crippen MR) is 79.9 cm³/mol. The second-order valence-corrected chi connectivity index (χ2v) is 5.37. The van der Waals surface area contributed by atoms with E-state index in [0.717, 1.165) is 48.0 Å². The van der Waals surface area contributed by atoms with Crippen LogP contribution in [0.5, 0.6) is 0 Å². The lowest BCUT2D eigenvalue weighted by atomic mass is 10.1. The zero-order valence-corrected chi connectivity index (χ0v) is 12.6. The fourth-order valence-electron chi connectivity index (χ4n) is 2.96. The van der Waals surface area contributed by atoms with Crippen LogP contribution in [-0.2, 0) is 19.9 Å². The number of nitrogens with zero attached hydrogens (tertiary/aromatic N) is 4. The van der Waals surface area contributed by atoms with Gasteiger partial charge in [0.2, 0.25) is 0 Å². The third-order valence-electron chi connectivity index (χ3n) is 4.01. The van der Waals surface area contributed by atoms with Crippen LogP contribution in [0.2, 0.25) is 0 Å². The molecule has 0 spiro atoms. The first kappa shape index (κ1) is 13.1. The van der Waals surface area contributed by atoms with Gasteiger partial charge in [0.05, 0.1) is 11.3 Å². The van der Waals surface area contributed by atoms with Crippen molar-refractivity contribution in [2.75, 3.05) is 11.9 Å². The molecule has 0 atom stereocenters. The first-order chi connectivity index (χ1) is 9.61. The minimum Gasteiger partial charge on any atom is -0.370 e. The van der Waals surface area contributed by atoms with Crippen molar-refractivity contribution in [2.24, 2.45) is 7.05 Å². The number of hydrogen-bond donors (Lipinski definition) is 1. The lowest BCUT2D eigenvalue weighted by molar-refractivity contribution is 0.731. The van der Waals surface area contributed by atoms with E-state index in [1.165, 1.54) is 17.7 Å². The standard InChI is InChI=1S/C15H21N5/c1-5-16-14-11-7-6-8-12(11)17-15(18-14)13-9(2)19-20(4)10(13)3/h5-8H2,1-4H3,(H,16,17,18). The molecule has 2 aromatic rings. The zero-order valence-electron chi connectivity index (χ0n) is 12.6. The second-order valence-electron chi connectivity index (χ2n) is 5.37. The van der Waals surface area contributed by atoms with E-state index in [2.05, 4.69) is 24.3 Å². The molecule has 2 heterocycles. The molecule has 0 aliphatic heterocycles. The van der Waals surface area contributed by atoms with Gasteiger partial charge in [0.15, 0.2) is 5.82 Å². The molecule has 20 heavy (non-hydrogen) atoms. The molecule has 0 saturated carbocycles. The number of aromatic nitrogens is 4. The molecule has 1 aliphatic carbocycles. The van der Waals surface area contributed by atoms with Gasteiger partial charge in [0, 0.05) is 30.5 Å². The molecule has 5 heteroatoms. The molecule has 0 unspecified atom stereocenters. The van der Waals surface area contributed by atoms with Crippen LogP contribution in [0.25, 0.3) is 11.4 Å². The number of aryl methyl sites for hydroxylation is 3. The summed E-state index contributed by atoms with van der Waals surface area (Å²) in [6.45, 7) is 7.07. The maximum absolute atomic E-state index is 4.80. The highest BCUT2D eigenvalue weighted by Gasteiger charge is 2.22. The van der Waals surface area contributed by atoms with Crippen molar-refractivity contribution in [3.63, 3.8) is 0 Å². The molecule has 0 saturated heterocycles. The van der Waals surface area contributed by atoms with E-state index in [9.17, 15) is 0 Å². The predicted octanol–water partition coefficient (Wildman–Crippen LogP) is 2.41. The largest absolute Gasteiger partial charge is 0.370 e. The number of rotatable bonds is 3. The monoisotopic (exact) mass is 271 g/mol. The fraction of sp³-hybridized carbons (Fsp3) is 0.533. The van der Waals surface area contributed by atoms with Crippen LogP contribution >= 0.6 is 0 Å². The number of fused-ring (bicyclic) bond motifs is 1. The third kappa shape index (κ3) is 1.97. The van der Waals surface area contributed by atoms with Crippen molar-refractivity contribution >= 4 is 5.82 Å². The maximum atomic E-state index is 4.80. The van der Waals surface area contributed by atoms with E-state index in [1.807, 2.05) is 18.7 Å². The third-order valence-corrected chi connectivity index (χ3v) is 4.01. The van der Waals surface area contributed by atoms with E-state index in [4.69, 9.17) is 9.97 Å². The molecule has 0 amide bonds. The molecule has 3 rings (SSSR count). The molecule has 106 valence electrons. The summed E-state index contributed by atoms with van der Waals surface area (Å²) in [5.41, 5.74) is 5.68. The van der Waals surface area contributed by atoms with Gasteiger partial charge >= 0.3 is 0 Å². The Labute approximate surface area is 119 Å².